The number of pyridine rings is 1. The average molecular weight is 291 g/mol. The Labute approximate surface area is 131 Å². The summed E-state index contributed by atoms with van der Waals surface area (Å²) in [5, 5.41) is 0. The number of aryl methyl sites for hydroxylation is 2. The van der Waals surface area contributed by atoms with Crippen molar-refractivity contribution < 1.29 is 0 Å². The number of nitrogens with one attached hydrogen (secondary N) is 1. The molecule has 112 valence electrons. The molecular formula is C19H21N3. The van der Waals surface area contributed by atoms with Gasteiger partial charge < -0.3 is 10.7 Å². The molecule has 3 aromatic rings. The van der Waals surface area contributed by atoms with Crippen molar-refractivity contribution in [2.45, 2.75) is 20.3 Å². The summed E-state index contributed by atoms with van der Waals surface area (Å²) in [5.74, 6) is 0. The Morgan fingerprint density at radius 2 is 1.73 bits per heavy atom. The Morgan fingerprint density at radius 3 is 2.36 bits per heavy atom. The number of rotatable bonds is 4. The minimum absolute atomic E-state index is 0.680. The van der Waals surface area contributed by atoms with Crippen molar-refractivity contribution in [2.24, 2.45) is 5.73 Å². The van der Waals surface area contributed by atoms with E-state index in [9.17, 15) is 0 Å². The standard InChI is InChI=1S/C19H21N3/c1-13-12-17(14(2)21-13)19-5-3-4-18(22-19)16-8-6-15(7-9-16)10-11-20/h3-9,12,21H,10-11,20H2,1-2H3. The molecule has 2 heterocycles. The van der Waals surface area contributed by atoms with Gasteiger partial charge in [0.15, 0.2) is 0 Å². The quantitative estimate of drug-likeness (QED) is 0.767. The summed E-state index contributed by atoms with van der Waals surface area (Å²) in [5.41, 5.74) is 13.5. The van der Waals surface area contributed by atoms with Gasteiger partial charge in [0.1, 0.15) is 0 Å². The van der Waals surface area contributed by atoms with Crippen LogP contribution in [0.2, 0.25) is 0 Å². The highest BCUT2D eigenvalue weighted by atomic mass is 14.8. The highest BCUT2D eigenvalue weighted by molar-refractivity contribution is 5.68. The number of hydrogen-bond donors (Lipinski definition) is 2. The molecule has 0 spiro atoms. The maximum absolute atomic E-state index is 5.59. The molecule has 0 aliphatic heterocycles. The van der Waals surface area contributed by atoms with E-state index in [1.807, 2.05) is 0 Å². The molecule has 0 fully saturated rings. The Morgan fingerprint density at radius 1 is 1.00 bits per heavy atom. The molecule has 0 amide bonds. The molecule has 3 N–H and O–H groups in total. The van der Waals surface area contributed by atoms with Gasteiger partial charge in [-0.25, -0.2) is 4.98 Å². The zero-order valence-corrected chi connectivity index (χ0v) is 13.1. The molecule has 1 aromatic carbocycles. The van der Waals surface area contributed by atoms with Crippen LogP contribution in [0.3, 0.4) is 0 Å². The molecule has 2 aromatic heterocycles. The first kappa shape index (κ1) is 14.5. The van der Waals surface area contributed by atoms with Crippen molar-refractivity contribution in [2.75, 3.05) is 6.54 Å². The van der Waals surface area contributed by atoms with E-state index < -0.39 is 0 Å². The lowest BCUT2D eigenvalue weighted by atomic mass is 10.1. The number of benzene rings is 1. The van der Waals surface area contributed by atoms with Gasteiger partial charge in [-0.3, -0.25) is 0 Å². The van der Waals surface area contributed by atoms with E-state index in [0.29, 0.717) is 6.54 Å². The zero-order valence-electron chi connectivity index (χ0n) is 13.1. The third-order valence-electron chi connectivity index (χ3n) is 3.86. The van der Waals surface area contributed by atoms with E-state index in [0.717, 1.165) is 34.8 Å². The molecule has 0 aliphatic carbocycles. The number of hydrogen-bond acceptors (Lipinski definition) is 2. The molecule has 3 heteroatoms. The molecule has 0 saturated carbocycles. The third-order valence-corrected chi connectivity index (χ3v) is 3.86. The molecule has 22 heavy (non-hydrogen) atoms. The summed E-state index contributed by atoms with van der Waals surface area (Å²) in [6.07, 6.45) is 0.912. The van der Waals surface area contributed by atoms with Crippen LogP contribution in [0, 0.1) is 13.8 Å². The van der Waals surface area contributed by atoms with Crippen molar-refractivity contribution in [3.8, 4) is 22.5 Å². The summed E-state index contributed by atoms with van der Waals surface area (Å²) in [4.78, 5) is 8.15. The molecule has 0 unspecified atom stereocenters. The normalized spacial score (nSPS) is 10.9. The summed E-state index contributed by atoms with van der Waals surface area (Å²) < 4.78 is 0. The van der Waals surface area contributed by atoms with Gasteiger partial charge in [-0.05, 0) is 50.6 Å². The van der Waals surface area contributed by atoms with Gasteiger partial charge in [-0.1, -0.05) is 30.3 Å². The monoisotopic (exact) mass is 291 g/mol. The zero-order chi connectivity index (χ0) is 15.5. The van der Waals surface area contributed by atoms with Crippen LogP contribution in [0.25, 0.3) is 22.5 Å². The molecule has 3 rings (SSSR count). The predicted octanol–water partition coefficient (Wildman–Crippen LogP) is 3.86. The summed E-state index contributed by atoms with van der Waals surface area (Å²) in [6.45, 7) is 4.83. The fraction of sp³-hybridized carbons (Fsp3) is 0.211. The third kappa shape index (κ3) is 2.95. The smallest absolute Gasteiger partial charge is 0.0727 e. The Hall–Kier alpha value is -2.39. The second-order valence-corrected chi connectivity index (χ2v) is 5.63. The number of aromatic nitrogens is 2. The highest BCUT2D eigenvalue weighted by Crippen LogP contribution is 2.25. The summed E-state index contributed by atoms with van der Waals surface area (Å²) in [7, 11) is 0. The van der Waals surface area contributed by atoms with Crippen LogP contribution in [-0.4, -0.2) is 16.5 Å². The lowest BCUT2D eigenvalue weighted by Crippen LogP contribution is -2.02. The minimum Gasteiger partial charge on any atom is -0.362 e. The van der Waals surface area contributed by atoms with Crippen molar-refractivity contribution >= 4 is 0 Å². The fourth-order valence-corrected chi connectivity index (χ4v) is 2.74. The van der Waals surface area contributed by atoms with Gasteiger partial charge in [0.25, 0.3) is 0 Å². The first-order valence-electron chi connectivity index (χ1n) is 7.60. The molecule has 3 nitrogen and oxygen atoms in total. The van der Waals surface area contributed by atoms with Crippen LogP contribution in [0.5, 0.6) is 0 Å². The van der Waals surface area contributed by atoms with Crippen molar-refractivity contribution in [3.63, 3.8) is 0 Å². The van der Waals surface area contributed by atoms with Crippen LogP contribution in [0.1, 0.15) is 17.0 Å². The van der Waals surface area contributed by atoms with Crippen molar-refractivity contribution in [1.82, 2.24) is 9.97 Å². The van der Waals surface area contributed by atoms with Crippen LogP contribution in [0.15, 0.2) is 48.5 Å². The minimum atomic E-state index is 0.680. The largest absolute Gasteiger partial charge is 0.362 e. The maximum Gasteiger partial charge on any atom is 0.0727 e. The van der Waals surface area contributed by atoms with E-state index in [1.54, 1.807) is 0 Å². The predicted molar refractivity (Wildman–Crippen MR) is 91.7 cm³/mol. The van der Waals surface area contributed by atoms with E-state index in [1.165, 1.54) is 11.1 Å². The van der Waals surface area contributed by atoms with E-state index >= 15 is 0 Å². The summed E-state index contributed by atoms with van der Waals surface area (Å²) in [6, 6.07) is 16.8. The molecule has 0 saturated heterocycles. The number of nitrogens with zero attached hydrogens (tertiary/aromatic N) is 1. The Bertz CT molecular complexity index is 770. The summed E-state index contributed by atoms with van der Waals surface area (Å²) >= 11 is 0. The van der Waals surface area contributed by atoms with Crippen molar-refractivity contribution in [3.05, 3.63) is 65.5 Å². The van der Waals surface area contributed by atoms with Crippen molar-refractivity contribution in [1.29, 1.82) is 0 Å². The van der Waals surface area contributed by atoms with E-state index in [-0.39, 0.29) is 0 Å². The highest BCUT2D eigenvalue weighted by Gasteiger charge is 2.08. The van der Waals surface area contributed by atoms with E-state index in [2.05, 4.69) is 67.4 Å². The van der Waals surface area contributed by atoms with Gasteiger partial charge in [0, 0.05) is 22.5 Å². The Balaban J connectivity index is 1.95. The first-order valence-corrected chi connectivity index (χ1v) is 7.60. The number of nitrogens with two attached hydrogens (primary N) is 1. The molecular weight excluding hydrogens is 270 g/mol. The van der Waals surface area contributed by atoms with Crippen LogP contribution in [0.4, 0.5) is 0 Å². The van der Waals surface area contributed by atoms with Gasteiger partial charge in [-0.2, -0.15) is 0 Å². The number of aromatic amines is 1. The first-order chi connectivity index (χ1) is 10.7. The van der Waals surface area contributed by atoms with Gasteiger partial charge >= 0.3 is 0 Å². The van der Waals surface area contributed by atoms with Crippen LogP contribution < -0.4 is 5.73 Å². The maximum atomic E-state index is 5.59. The van der Waals surface area contributed by atoms with Gasteiger partial charge in [0.2, 0.25) is 0 Å². The van der Waals surface area contributed by atoms with E-state index in [4.69, 9.17) is 10.7 Å². The SMILES string of the molecule is Cc1cc(-c2cccc(-c3ccc(CCN)cc3)n2)c(C)[nH]1. The van der Waals surface area contributed by atoms with Gasteiger partial charge in [-0.15, -0.1) is 0 Å². The second kappa shape index (κ2) is 6.16. The van der Waals surface area contributed by atoms with Crippen LogP contribution >= 0.6 is 0 Å². The molecule has 0 bridgehead atoms. The van der Waals surface area contributed by atoms with Gasteiger partial charge in [0.05, 0.1) is 11.4 Å². The average Bonchev–Trinajstić information content (AvgIpc) is 2.87. The fourth-order valence-electron chi connectivity index (χ4n) is 2.74. The molecule has 0 radical (unpaired) electrons. The molecule has 0 aliphatic rings. The Kier molecular flexibility index (Phi) is 4.07. The lowest BCUT2D eigenvalue weighted by Gasteiger charge is -2.06. The second-order valence-electron chi connectivity index (χ2n) is 5.63. The lowest BCUT2D eigenvalue weighted by molar-refractivity contribution is 0.969. The topological polar surface area (TPSA) is 54.7 Å². The molecule has 0 atom stereocenters. The number of H-pyrrole nitrogens is 1. The van der Waals surface area contributed by atoms with Crippen LogP contribution in [-0.2, 0) is 6.42 Å².